The molecule has 0 aliphatic carbocycles. The van der Waals surface area contributed by atoms with E-state index in [4.69, 9.17) is 28.7 Å². The number of carbonyl (C=O) groups excluding carboxylic acids is 16. The van der Waals surface area contributed by atoms with Crippen molar-refractivity contribution in [3.05, 3.63) is 71.8 Å². The summed E-state index contributed by atoms with van der Waals surface area (Å²) in [5.74, 6) is -19.6. The van der Waals surface area contributed by atoms with Gasteiger partial charge in [-0.15, -0.1) is 0 Å². The van der Waals surface area contributed by atoms with E-state index < -0.39 is 241 Å². The van der Waals surface area contributed by atoms with Gasteiger partial charge >= 0.3 is 5.97 Å². The fourth-order valence-corrected chi connectivity index (χ4v) is 13.9. The van der Waals surface area contributed by atoms with Gasteiger partial charge in [-0.3, -0.25) is 81.7 Å². The van der Waals surface area contributed by atoms with Crippen molar-refractivity contribution in [1.29, 1.82) is 0 Å². The van der Waals surface area contributed by atoms with E-state index in [-0.39, 0.29) is 120 Å². The predicted octanol–water partition coefficient (Wildman–Crippen LogP) is -3.60. The Hall–Kier alpha value is -11.5. The van der Waals surface area contributed by atoms with Crippen LogP contribution in [0.4, 0.5) is 0 Å². The van der Waals surface area contributed by atoms with Gasteiger partial charge in [-0.05, 0) is 125 Å². The number of likely N-dealkylation sites (tertiary alicyclic amines) is 1. The SMILES string of the molecule is CC[C@H](C)[C@H](NC(=O)[C@H](CCCN=C(N)N)NC(=O)[C@@H](NC(=O)[C@H](CC(C)C)NC(=O)[C@H](CC(C)C)NC(=O)[C@H](Cc1ccccc1)NC(=O)[C@@H](N)Cc1ccccc1)[C@@H](C)O)C(=O)N[C@@H](CC(C)C)C(=O)N[C@H](C(=O)N[C@H](C(=O)N1CCC[C@H]1C(=O)N[C@@H](CCC(N)=O)C(=O)N[C@@H](CO)C(=O)N[C@@H](CC(C)C)C(=O)N[C@@H](CC(N)=O)C(=O)O)[C@@H](C)CC)[C@@H](C)O. The maximum Gasteiger partial charge on any atom is 0.326 e. The maximum atomic E-state index is 14.9. The number of aliphatic hydroxyl groups is 3. The van der Waals surface area contributed by atoms with Gasteiger partial charge < -0.3 is 123 Å². The van der Waals surface area contributed by atoms with Crippen molar-refractivity contribution < 1.29 is 102 Å². The van der Waals surface area contributed by atoms with E-state index in [0.717, 1.165) is 10.5 Å². The Kier molecular flexibility index (Phi) is 47.0. The summed E-state index contributed by atoms with van der Waals surface area (Å²) in [7, 11) is 0. The minimum atomic E-state index is -1.83. The molecule has 1 aliphatic rings. The summed E-state index contributed by atoms with van der Waals surface area (Å²) in [6, 6.07) is -4.77. The van der Waals surface area contributed by atoms with Gasteiger partial charge in [0.05, 0.1) is 31.3 Å². The van der Waals surface area contributed by atoms with E-state index in [2.05, 4.69) is 74.1 Å². The van der Waals surface area contributed by atoms with Crippen molar-refractivity contribution in [3.63, 3.8) is 0 Å². The Morgan fingerprint density at radius 3 is 1.21 bits per heavy atom. The average molecular weight is 1780 g/mol. The minimum Gasteiger partial charge on any atom is -0.480 e. The lowest BCUT2D eigenvalue weighted by Gasteiger charge is -2.33. The van der Waals surface area contributed by atoms with Gasteiger partial charge in [-0.2, -0.15) is 0 Å². The lowest BCUT2D eigenvalue weighted by Crippen LogP contribution is -2.63. The van der Waals surface area contributed by atoms with Gasteiger partial charge in [0.15, 0.2) is 5.96 Å². The van der Waals surface area contributed by atoms with Crippen molar-refractivity contribution in [2.24, 2.45) is 69.2 Å². The number of aliphatic hydroxyl groups excluding tert-OH is 3. The molecule has 3 rings (SSSR count). The Labute approximate surface area is 736 Å². The number of nitrogens with zero attached hydrogens (tertiary/aromatic N) is 2. The molecule has 16 amide bonds. The summed E-state index contributed by atoms with van der Waals surface area (Å²) in [6.45, 7) is 21.7. The monoisotopic (exact) mass is 1780 g/mol. The van der Waals surface area contributed by atoms with Crippen LogP contribution in [-0.2, 0) is 94.3 Å². The molecule has 19 atom stereocenters. The molecule has 0 aromatic heterocycles. The summed E-state index contributed by atoms with van der Waals surface area (Å²) >= 11 is 0. The first-order valence-electron chi connectivity index (χ1n) is 43.0. The number of hydrogen-bond donors (Lipinski definition) is 22. The summed E-state index contributed by atoms with van der Waals surface area (Å²) in [5, 5.41) is 75.7. The lowest BCUT2D eigenvalue weighted by molar-refractivity contribution is -0.144. The molecule has 126 heavy (non-hydrogen) atoms. The third kappa shape index (κ3) is 37.8. The molecule has 0 bridgehead atoms. The fraction of sp³-hybridized carbons (Fsp3) is 0.647. The number of carboxylic acid groups (broad SMARTS) is 1. The van der Waals surface area contributed by atoms with Crippen molar-refractivity contribution in [2.75, 3.05) is 19.7 Å². The number of carbonyl (C=O) groups is 17. The highest BCUT2D eigenvalue weighted by Gasteiger charge is 2.44. The van der Waals surface area contributed by atoms with Gasteiger partial charge in [0.25, 0.3) is 0 Å². The average Bonchev–Trinajstić information content (AvgIpc) is 1.36. The molecule has 704 valence electrons. The topological polar surface area (TPSA) is 673 Å². The second kappa shape index (κ2) is 54.4. The molecule has 0 saturated carbocycles. The van der Waals surface area contributed by atoms with Crippen LogP contribution in [0, 0.1) is 35.5 Å². The highest BCUT2D eigenvalue weighted by Crippen LogP contribution is 2.24. The number of aliphatic carboxylic acids is 1. The van der Waals surface area contributed by atoms with Crippen LogP contribution in [0.1, 0.15) is 192 Å². The van der Waals surface area contributed by atoms with Gasteiger partial charge in [0.1, 0.15) is 84.6 Å². The second-order valence-corrected chi connectivity index (χ2v) is 34.1. The van der Waals surface area contributed by atoms with Gasteiger partial charge in [-0.25, -0.2) is 4.79 Å². The highest BCUT2D eigenvalue weighted by atomic mass is 16.4. The third-order valence-corrected chi connectivity index (χ3v) is 21.2. The lowest BCUT2D eigenvalue weighted by atomic mass is 9.95. The highest BCUT2D eigenvalue weighted by molar-refractivity contribution is 6.01. The Bertz CT molecular complexity index is 4000. The van der Waals surface area contributed by atoms with Crippen LogP contribution in [-0.4, -0.2) is 254 Å². The molecule has 27 N–H and O–H groups in total. The van der Waals surface area contributed by atoms with Crippen LogP contribution in [0.2, 0.25) is 0 Å². The van der Waals surface area contributed by atoms with Crippen LogP contribution in [0.3, 0.4) is 0 Å². The summed E-state index contributed by atoms with van der Waals surface area (Å²) in [5.41, 5.74) is 29.7. The quantitative estimate of drug-likeness (QED) is 0.0173. The number of amides is 16. The smallest absolute Gasteiger partial charge is 0.326 e. The van der Waals surface area contributed by atoms with E-state index in [1.54, 1.807) is 112 Å². The van der Waals surface area contributed by atoms with E-state index >= 15 is 0 Å². The maximum absolute atomic E-state index is 14.9. The Morgan fingerprint density at radius 2 is 0.778 bits per heavy atom. The van der Waals surface area contributed by atoms with E-state index in [1.807, 2.05) is 32.0 Å². The molecule has 2 aromatic carbocycles. The summed E-state index contributed by atoms with van der Waals surface area (Å²) < 4.78 is 0. The number of aliphatic imine (C=N–C) groups is 1. The normalized spacial score (nSPS) is 16.9. The largest absolute Gasteiger partial charge is 0.480 e. The molecule has 41 nitrogen and oxygen atoms in total. The minimum absolute atomic E-state index is 0.000710. The van der Waals surface area contributed by atoms with Crippen molar-refractivity contribution in [3.8, 4) is 0 Å². The molecule has 1 saturated heterocycles. The molecule has 2 aromatic rings. The Balaban J connectivity index is 1.91. The second-order valence-electron chi connectivity index (χ2n) is 34.1. The van der Waals surface area contributed by atoms with Crippen LogP contribution < -0.4 is 97.8 Å². The van der Waals surface area contributed by atoms with Crippen molar-refractivity contribution >= 4 is 106 Å². The summed E-state index contributed by atoms with van der Waals surface area (Å²) in [6.07, 6.45) is -4.63. The Morgan fingerprint density at radius 1 is 0.421 bits per heavy atom. The van der Waals surface area contributed by atoms with E-state index in [1.165, 1.54) is 13.8 Å². The third-order valence-electron chi connectivity index (χ3n) is 21.2. The van der Waals surface area contributed by atoms with Gasteiger partial charge in [0, 0.05) is 25.9 Å². The van der Waals surface area contributed by atoms with Gasteiger partial charge in [0.2, 0.25) is 94.5 Å². The first-order chi connectivity index (χ1) is 59.1. The zero-order valence-electron chi connectivity index (χ0n) is 74.8. The number of rotatable bonds is 56. The number of carboxylic acids is 1. The van der Waals surface area contributed by atoms with Crippen LogP contribution >= 0.6 is 0 Å². The predicted molar refractivity (Wildman–Crippen MR) is 465 cm³/mol. The van der Waals surface area contributed by atoms with Crippen LogP contribution in [0.15, 0.2) is 65.7 Å². The number of benzene rings is 2. The molecule has 0 radical (unpaired) electrons. The van der Waals surface area contributed by atoms with E-state index in [0.29, 0.717) is 5.56 Å². The van der Waals surface area contributed by atoms with Gasteiger partial charge in [-0.1, -0.05) is 157 Å². The molecule has 1 fully saturated rings. The van der Waals surface area contributed by atoms with Crippen LogP contribution in [0.5, 0.6) is 0 Å². The number of primary amides is 2. The molecule has 1 heterocycles. The zero-order chi connectivity index (χ0) is 95.1. The van der Waals surface area contributed by atoms with Crippen molar-refractivity contribution in [1.82, 2.24) is 74.0 Å². The standard InChI is InChI=1S/C85H138N20O21/c1-15-47(11)66(101-72(113)54(29-23-33-91-85(89)90)93-81(122)68(49(13)107)103-76(117)58(37-45(7)8)96-73(114)56(35-43(3)4)95-75(116)60(40-52-27-21-18-22-28-52)94-70(111)53(86)39-51-25-19-17-20-26-51)80(121)98-59(38-46(9)10)77(118)104-69(50(14)108)82(123)102-67(48(12)16-2)83(124)105-34-24-30-63(105)79(120)92-55(31-32-64(87)109)71(112)100-62(42-106)78(119)97-57(36-44(5)6)74(115)99-61(84(125)126)41-65(88)110/h17-22,25-28,43-50,53-63,66-69,106-108H,15-16,23-24,29-42,86H2,1-14H3,(H2,87,109)(H2,88,110)(H,92,120)(H,93,122)(H,94,111)(H,95,116)(H,96,114)(H,97,119)(H,98,121)(H,99,115)(H,100,112)(H,101,113)(H,102,123)(H,103,117)(H,104,118)(H,125,126)(H4,89,90,91)/t47-,48-,49+,50+,53-,54-,55-,56-,57-,58-,59-,60-,61-,62-,63-,66-,67-,68-,69-/m0/s1. The number of hydrogen-bond acceptors (Lipinski definition) is 22. The van der Waals surface area contributed by atoms with Crippen LogP contribution in [0.25, 0.3) is 0 Å². The van der Waals surface area contributed by atoms with Crippen molar-refractivity contribution in [2.45, 2.75) is 296 Å². The summed E-state index contributed by atoms with van der Waals surface area (Å²) in [4.78, 5) is 242. The molecule has 41 heteroatoms. The number of nitrogens with one attached hydrogen (secondary N) is 13. The molecule has 0 spiro atoms. The molecule has 0 unspecified atom stereocenters. The molecular formula is C85H138N20O21. The molecule has 1 aliphatic heterocycles. The molecular weight excluding hydrogens is 1640 g/mol. The first kappa shape index (κ1) is 109. The number of guanidine groups is 1. The number of nitrogens with two attached hydrogens (primary N) is 5. The zero-order valence-corrected chi connectivity index (χ0v) is 74.8. The first-order valence-corrected chi connectivity index (χ1v) is 43.0. The fourth-order valence-electron chi connectivity index (χ4n) is 13.9. The van der Waals surface area contributed by atoms with E-state index in [9.17, 15) is 102 Å².